The van der Waals surface area contributed by atoms with Gasteiger partial charge in [-0.3, -0.25) is 9.59 Å². The molecule has 0 radical (unpaired) electrons. The number of rotatable bonds is 5. The lowest BCUT2D eigenvalue weighted by molar-refractivity contribution is -0.111. The molecule has 0 unspecified atom stereocenters. The number of nitrogens with zero attached hydrogens (tertiary/aromatic N) is 1. The maximum Gasteiger partial charge on any atom is 0.249 e. The molecule has 0 aliphatic rings. The Hall–Kier alpha value is -2.95. The molecule has 4 nitrogen and oxygen atoms in total. The SMILES string of the molecule is O=C(C=Cc1cccc(Cl)c1)Nc1ccc(C(=O)c2ccc(Cl)cc2)cn1. The maximum atomic E-state index is 12.4. The monoisotopic (exact) mass is 396 g/mol. The first-order chi connectivity index (χ1) is 13.0. The third-order valence-electron chi connectivity index (χ3n) is 3.66. The van der Waals surface area contributed by atoms with Crippen LogP contribution < -0.4 is 5.32 Å². The Morgan fingerprint density at radius 3 is 2.30 bits per heavy atom. The van der Waals surface area contributed by atoms with Crippen LogP contribution in [0.3, 0.4) is 0 Å². The van der Waals surface area contributed by atoms with E-state index in [-0.39, 0.29) is 11.7 Å². The van der Waals surface area contributed by atoms with Crippen LogP contribution in [0.1, 0.15) is 21.5 Å². The largest absolute Gasteiger partial charge is 0.307 e. The fraction of sp³-hybridized carbons (Fsp3) is 0. The zero-order valence-corrected chi connectivity index (χ0v) is 15.5. The van der Waals surface area contributed by atoms with Crippen molar-refractivity contribution in [3.05, 3.63) is 99.7 Å². The van der Waals surface area contributed by atoms with Gasteiger partial charge in [0.2, 0.25) is 5.91 Å². The molecule has 27 heavy (non-hydrogen) atoms. The van der Waals surface area contributed by atoms with Crippen molar-refractivity contribution in [2.45, 2.75) is 0 Å². The lowest BCUT2D eigenvalue weighted by atomic mass is 10.1. The molecule has 2 aromatic carbocycles. The van der Waals surface area contributed by atoms with Crippen LogP contribution in [0.15, 0.2) is 72.9 Å². The second kappa shape index (κ2) is 8.62. The molecule has 0 fully saturated rings. The molecule has 0 aliphatic carbocycles. The number of pyridine rings is 1. The molecule has 0 saturated carbocycles. The Morgan fingerprint density at radius 2 is 1.63 bits per heavy atom. The van der Waals surface area contributed by atoms with Crippen molar-refractivity contribution in [3.8, 4) is 0 Å². The minimum atomic E-state index is -0.334. The molecule has 134 valence electrons. The first-order valence-corrected chi connectivity index (χ1v) is 8.78. The second-order valence-electron chi connectivity index (χ2n) is 5.65. The molecular weight excluding hydrogens is 383 g/mol. The molecular formula is C21H14Cl2N2O2. The van der Waals surface area contributed by atoms with Crippen LogP contribution in [0, 0.1) is 0 Å². The summed E-state index contributed by atoms with van der Waals surface area (Å²) < 4.78 is 0. The van der Waals surface area contributed by atoms with Gasteiger partial charge in [0.15, 0.2) is 5.78 Å². The molecule has 1 aromatic heterocycles. The Labute approximate surface area is 166 Å². The normalized spacial score (nSPS) is 10.7. The summed E-state index contributed by atoms with van der Waals surface area (Å²) in [5.74, 6) is -0.152. The summed E-state index contributed by atoms with van der Waals surface area (Å²) in [6, 6.07) is 17.0. The van der Waals surface area contributed by atoms with E-state index < -0.39 is 0 Å². The highest BCUT2D eigenvalue weighted by Crippen LogP contribution is 2.15. The average molecular weight is 397 g/mol. The number of benzene rings is 2. The second-order valence-corrected chi connectivity index (χ2v) is 6.52. The fourth-order valence-electron chi connectivity index (χ4n) is 2.32. The Bertz CT molecular complexity index is 997. The standard InChI is InChI=1S/C21H14Cl2N2O2/c22-17-8-5-15(6-9-17)21(27)16-7-10-19(24-13-16)25-20(26)11-4-14-2-1-3-18(23)12-14/h1-13H,(H,24,25,26). The number of amides is 1. The summed E-state index contributed by atoms with van der Waals surface area (Å²) in [4.78, 5) is 28.5. The van der Waals surface area contributed by atoms with Crippen LogP contribution in [0.2, 0.25) is 10.0 Å². The van der Waals surface area contributed by atoms with E-state index in [1.807, 2.05) is 6.07 Å². The number of anilines is 1. The van der Waals surface area contributed by atoms with Crippen molar-refractivity contribution in [1.82, 2.24) is 4.98 Å². The van der Waals surface area contributed by atoms with Crippen LogP contribution in [0.25, 0.3) is 6.08 Å². The number of hydrogen-bond acceptors (Lipinski definition) is 3. The molecule has 0 atom stereocenters. The van der Waals surface area contributed by atoms with Crippen LogP contribution in [-0.2, 0) is 4.79 Å². The fourth-order valence-corrected chi connectivity index (χ4v) is 2.64. The van der Waals surface area contributed by atoms with Crippen molar-refractivity contribution in [2.75, 3.05) is 5.32 Å². The van der Waals surface area contributed by atoms with E-state index in [1.54, 1.807) is 60.7 Å². The van der Waals surface area contributed by atoms with Gasteiger partial charge < -0.3 is 5.32 Å². The summed E-state index contributed by atoms with van der Waals surface area (Å²) in [6.07, 6.45) is 4.47. The van der Waals surface area contributed by atoms with Crippen molar-refractivity contribution in [1.29, 1.82) is 0 Å². The van der Waals surface area contributed by atoms with Crippen molar-refractivity contribution in [2.24, 2.45) is 0 Å². The van der Waals surface area contributed by atoms with E-state index in [4.69, 9.17) is 23.2 Å². The highest BCUT2D eigenvalue weighted by molar-refractivity contribution is 6.31. The number of carbonyl (C=O) groups is 2. The third kappa shape index (κ3) is 5.26. The molecule has 3 aromatic rings. The predicted octanol–water partition coefficient (Wildman–Crippen LogP) is 5.27. The van der Waals surface area contributed by atoms with E-state index in [9.17, 15) is 9.59 Å². The minimum absolute atomic E-state index is 0.169. The van der Waals surface area contributed by atoms with Gasteiger partial charge in [0.1, 0.15) is 5.82 Å². The van der Waals surface area contributed by atoms with Crippen LogP contribution in [0.5, 0.6) is 0 Å². The molecule has 1 N–H and O–H groups in total. The number of hydrogen-bond donors (Lipinski definition) is 1. The summed E-state index contributed by atoms with van der Waals surface area (Å²) in [6.45, 7) is 0. The lowest BCUT2D eigenvalue weighted by Crippen LogP contribution is -2.10. The Balaban J connectivity index is 1.64. The number of aromatic nitrogens is 1. The summed E-state index contributed by atoms with van der Waals surface area (Å²) in [5, 5.41) is 3.80. The molecule has 1 heterocycles. The quantitative estimate of drug-likeness (QED) is 0.471. The van der Waals surface area contributed by atoms with Crippen LogP contribution >= 0.6 is 23.2 Å². The van der Waals surface area contributed by atoms with Gasteiger partial charge in [-0.15, -0.1) is 0 Å². The zero-order chi connectivity index (χ0) is 19.2. The topological polar surface area (TPSA) is 59.1 Å². The van der Waals surface area contributed by atoms with E-state index in [1.165, 1.54) is 12.3 Å². The van der Waals surface area contributed by atoms with Gasteiger partial charge in [-0.2, -0.15) is 0 Å². The van der Waals surface area contributed by atoms with Gasteiger partial charge in [0.05, 0.1) is 0 Å². The van der Waals surface area contributed by atoms with Gasteiger partial charge >= 0.3 is 0 Å². The first kappa shape index (κ1) is 18.8. The van der Waals surface area contributed by atoms with E-state index in [2.05, 4.69) is 10.3 Å². The van der Waals surface area contributed by atoms with Gasteiger partial charge in [-0.05, 0) is 60.2 Å². The van der Waals surface area contributed by atoms with Crippen molar-refractivity contribution >= 4 is 46.8 Å². The van der Waals surface area contributed by atoms with E-state index >= 15 is 0 Å². The van der Waals surface area contributed by atoms with Gasteiger partial charge in [0.25, 0.3) is 0 Å². The number of nitrogens with one attached hydrogen (secondary N) is 1. The molecule has 0 saturated heterocycles. The van der Waals surface area contributed by atoms with E-state index in [0.717, 1.165) is 5.56 Å². The number of carbonyl (C=O) groups excluding carboxylic acids is 2. The maximum absolute atomic E-state index is 12.4. The smallest absolute Gasteiger partial charge is 0.249 e. The Kier molecular flexibility index (Phi) is 6.01. The van der Waals surface area contributed by atoms with Gasteiger partial charge in [0, 0.05) is 33.4 Å². The van der Waals surface area contributed by atoms with E-state index in [0.29, 0.717) is 27.0 Å². The molecule has 0 bridgehead atoms. The predicted molar refractivity (Wildman–Crippen MR) is 108 cm³/mol. The highest BCUT2D eigenvalue weighted by atomic mass is 35.5. The number of halogens is 2. The highest BCUT2D eigenvalue weighted by Gasteiger charge is 2.10. The zero-order valence-electron chi connectivity index (χ0n) is 14.0. The molecule has 0 aliphatic heterocycles. The summed E-state index contributed by atoms with van der Waals surface area (Å²) in [7, 11) is 0. The summed E-state index contributed by atoms with van der Waals surface area (Å²) in [5.41, 5.74) is 1.75. The van der Waals surface area contributed by atoms with Gasteiger partial charge in [-0.25, -0.2) is 4.98 Å². The molecule has 1 amide bonds. The van der Waals surface area contributed by atoms with Crippen molar-refractivity contribution in [3.63, 3.8) is 0 Å². The summed E-state index contributed by atoms with van der Waals surface area (Å²) >= 11 is 11.7. The van der Waals surface area contributed by atoms with Crippen molar-refractivity contribution < 1.29 is 9.59 Å². The lowest BCUT2D eigenvalue weighted by Gasteiger charge is -2.04. The molecule has 6 heteroatoms. The Morgan fingerprint density at radius 1 is 0.889 bits per heavy atom. The van der Waals surface area contributed by atoms with Crippen LogP contribution in [-0.4, -0.2) is 16.7 Å². The molecule has 0 spiro atoms. The van der Waals surface area contributed by atoms with Crippen LogP contribution in [0.4, 0.5) is 5.82 Å². The van der Waals surface area contributed by atoms with Gasteiger partial charge in [-0.1, -0.05) is 35.3 Å². The first-order valence-electron chi connectivity index (χ1n) is 8.02. The number of ketones is 1. The third-order valence-corrected chi connectivity index (χ3v) is 4.15. The molecule has 3 rings (SSSR count). The minimum Gasteiger partial charge on any atom is -0.307 e. The average Bonchev–Trinajstić information content (AvgIpc) is 2.67.